The van der Waals surface area contributed by atoms with Gasteiger partial charge in [0.15, 0.2) is 5.69 Å². The van der Waals surface area contributed by atoms with Gasteiger partial charge in [0.05, 0.1) is 36.2 Å². The Hall–Kier alpha value is -2.09. The van der Waals surface area contributed by atoms with Crippen LogP contribution in [0.1, 0.15) is 61.0 Å². The minimum atomic E-state index is -0.276. The van der Waals surface area contributed by atoms with Crippen LogP contribution in [0, 0.1) is 30.1 Å². The van der Waals surface area contributed by atoms with Crippen LogP contribution in [0.4, 0.5) is 0 Å². The summed E-state index contributed by atoms with van der Waals surface area (Å²) in [4.78, 5) is 13.2. The second kappa shape index (κ2) is 12.9. The lowest BCUT2D eigenvalue weighted by Crippen LogP contribution is -2.46. The fraction of sp³-hybridized carbons (Fsp3) is 0.515. The Morgan fingerprint density at radius 3 is 2.17 bits per heavy atom. The number of carbonyl (C=O) groups excluding carboxylic acids is 1. The summed E-state index contributed by atoms with van der Waals surface area (Å²) in [5, 5.41) is 9.18. The first-order valence-corrected chi connectivity index (χ1v) is 16.2. The van der Waals surface area contributed by atoms with E-state index in [0.717, 1.165) is 41.2 Å². The lowest BCUT2D eigenvalue weighted by Gasteiger charge is -2.57. The van der Waals surface area contributed by atoms with Crippen molar-refractivity contribution in [2.75, 3.05) is 33.0 Å². The summed E-state index contributed by atoms with van der Waals surface area (Å²) in [7, 11) is 0. The number of hydrogen-bond acceptors (Lipinski definition) is 4. The first kappa shape index (κ1) is 30.0. The Labute approximate surface area is 263 Å². The van der Waals surface area contributed by atoms with Crippen molar-refractivity contribution in [2.45, 2.75) is 51.9 Å². The number of nitrogens with zero attached hydrogens (tertiary/aromatic N) is 2. The molecule has 1 amide bonds. The lowest BCUT2D eigenvalue weighted by molar-refractivity contribution is -0.0711. The van der Waals surface area contributed by atoms with Gasteiger partial charge in [0, 0.05) is 34.3 Å². The molecule has 1 N–H and O–H groups in total. The van der Waals surface area contributed by atoms with E-state index in [1.165, 1.54) is 44.9 Å². The fourth-order valence-electron chi connectivity index (χ4n) is 8.01. The standard InChI is InChI=1S/C33H38Cl3N3O3/c1-21-30(38-39(29-7-6-27(35)17-28(29)36)31(21)25-2-4-26(34)5-3-25)32(40)37-9-11-42-13-12-41-10-8-33-18-22-14-23(19-33)16-24(15-22)20-33/h2-7,17,22-24H,8-16,18-20H2,1H3,(H,37,40). The summed E-state index contributed by atoms with van der Waals surface area (Å²) in [6.07, 6.45) is 9.89. The van der Waals surface area contributed by atoms with E-state index in [1.807, 2.05) is 19.1 Å². The summed E-state index contributed by atoms with van der Waals surface area (Å²) >= 11 is 18.8. The van der Waals surface area contributed by atoms with Crippen LogP contribution in [-0.4, -0.2) is 48.7 Å². The maximum atomic E-state index is 13.2. The Morgan fingerprint density at radius 2 is 1.52 bits per heavy atom. The van der Waals surface area contributed by atoms with Crippen LogP contribution in [0.25, 0.3) is 16.9 Å². The Balaban J connectivity index is 0.991. The van der Waals surface area contributed by atoms with Crippen molar-refractivity contribution < 1.29 is 14.3 Å². The van der Waals surface area contributed by atoms with Gasteiger partial charge in [-0.1, -0.05) is 46.9 Å². The molecule has 0 spiro atoms. The molecule has 0 atom stereocenters. The SMILES string of the molecule is Cc1c(C(=O)NCCOCCOCCC23CC4CC(CC(C4)C2)C3)nn(-c2ccc(Cl)cc2Cl)c1-c1ccc(Cl)cc1. The van der Waals surface area contributed by atoms with Gasteiger partial charge in [0.25, 0.3) is 5.91 Å². The Morgan fingerprint density at radius 1 is 0.905 bits per heavy atom. The van der Waals surface area contributed by atoms with E-state index in [9.17, 15) is 4.79 Å². The van der Waals surface area contributed by atoms with E-state index in [0.29, 0.717) is 58.2 Å². The van der Waals surface area contributed by atoms with Gasteiger partial charge in [-0.2, -0.15) is 5.10 Å². The molecule has 4 bridgehead atoms. The number of aromatic nitrogens is 2. The topological polar surface area (TPSA) is 65.4 Å². The summed E-state index contributed by atoms with van der Waals surface area (Å²) in [6.45, 7) is 4.56. The smallest absolute Gasteiger partial charge is 0.272 e. The summed E-state index contributed by atoms with van der Waals surface area (Å²) in [5.41, 5.74) is 3.84. The van der Waals surface area contributed by atoms with Crippen LogP contribution in [-0.2, 0) is 9.47 Å². The maximum Gasteiger partial charge on any atom is 0.272 e. The molecule has 7 rings (SSSR count). The third-order valence-corrected chi connectivity index (χ3v) is 10.2. The highest BCUT2D eigenvalue weighted by atomic mass is 35.5. The van der Waals surface area contributed by atoms with Gasteiger partial charge in [0.1, 0.15) is 0 Å². The Kier molecular flexibility index (Phi) is 9.18. The number of nitrogens with one attached hydrogen (secondary N) is 1. The normalized spacial score (nSPS) is 24.3. The average Bonchev–Trinajstić information content (AvgIpc) is 3.28. The van der Waals surface area contributed by atoms with Crippen molar-refractivity contribution in [2.24, 2.45) is 23.2 Å². The monoisotopic (exact) mass is 629 g/mol. The van der Waals surface area contributed by atoms with Crippen LogP contribution < -0.4 is 5.32 Å². The second-order valence-electron chi connectivity index (χ2n) is 12.5. The van der Waals surface area contributed by atoms with Gasteiger partial charge in [-0.3, -0.25) is 4.79 Å². The molecule has 0 aliphatic heterocycles. The molecule has 4 aliphatic rings. The molecule has 1 aromatic heterocycles. The van der Waals surface area contributed by atoms with E-state index in [2.05, 4.69) is 10.4 Å². The predicted octanol–water partition coefficient (Wildman–Crippen LogP) is 8.18. The van der Waals surface area contributed by atoms with Crippen LogP contribution in [0.5, 0.6) is 0 Å². The largest absolute Gasteiger partial charge is 0.379 e. The first-order valence-electron chi connectivity index (χ1n) is 15.0. The van der Waals surface area contributed by atoms with Crippen LogP contribution in [0.15, 0.2) is 42.5 Å². The molecule has 1 heterocycles. The van der Waals surface area contributed by atoms with Crippen molar-refractivity contribution in [3.05, 3.63) is 68.8 Å². The summed E-state index contributed by atoms with van der Waals surface area (Å²) in [5.74, 6) is 2.66. The molecule has 4 fully saturated rings. The highest BCUT2D eigenvalue weighted by Gasteiger charge is 2.50. The van der Waals surface area contributed by atoms with E-state index < -0.39 is 0 Å². The zero-order valence-corrected chi connectivity index (χ0v) is 26.3. The van der Waals surface area contributed by atoms with Crippen LogP contribution >= 0.6 is 34.8 Å². The molecule has 0 saturated heterocycles. The van der Waals surface area contributed by atoms with Gasteiger partial charge in [-0.15, -0.1) is 0 Å². The minimum Gasteiger partial charge on any atom is -0.379 e. The van der Waals surface area contributed by atoms with Gasteiger partial charge >= 0.3 is 0 Å². The molecule has 3 aromatic rings. The number of halogens is 3. The molecule has 42 heavy (non-hydrogen) atoms. The van der Waals surface area contributed by atoms with Crippen LogP contribution in [0.2, 0.25) is 15.1 Å². The lowest BCUT2D eigenvalue weighted by atomic mass is 9.49. The molecule has 4 saturated carbocycles. The van der Waals surface area contributed by atoms with Gasteiger partial charge < -0.3 is 14.8 Å². The number of rotatable bonds is 12. The van der Waals surface area contributed by atoms with Crippen molar-refractivity contribution >= 4 is 40.7 Å². The highest BCUT2D eigenvalue weighted by Crippen LogP contribution is 2.61. The zero-order chi connectivity index (χ0) is 29.3. The minimum absolute atomic E-state index is 0.276. The molecule has 9 heteroatoms. The summed E-state index contributed by atoms with van der Waals surface area (Å²) < 4.78 is 13.4. The number of hydrogen-bond donors (Lipinski definition) is 1. The fourth-order valence-corrected chi connectivity index (χ4v) is 8.63. The first-order chi connectivity index (χ1) is 20.3. The number of benzene rings is 2. The van der Waals surface area contributed by atoms with Crippen molar-refractivity contribution in [1.29, 1.82) is 0 Å². The molecular formula is C33H38Cl3N3O3. The quantitative estimate of drug-likeness (QED) is 0.205. The Bertz CT molecular complexity index is 1390. The van der Waals surface area contributed by atoms with E-state index >= 15 is 0 Å². The van der Waals surface area contributed by atoms with E-state index in [-0.39, 0.29) is 5.91 Å². The number of ether oxygens (including phenoxy) is 2. The third kappa shape index (κ3) is 6.53. The number of amides is 1. The second-order valence-corrected chi connectivity index (χ2v) is 13.8. The van der Waals surface area contributed by atoms with E-state index in [4.69, 9.17) is 44.3 Å². The van der Waals surface area contributed by atoms with Crippen molar-refractivity contribution in [1.82, 2.24) is 15.1 Å². The average molecular weight is 631 g/mol. The van der Waals surface area contributed by atoms with Crippen LogP contribution in [0.3, 0.4) is 0 Å². The van der Waals surface area contributed by atoms with Gasteiger partial charge in [-0.25, -0.2) is 4.68 Å². The third-order valence-electron chi connectivity index (χ3n) is 9.44. The van der Waals surface area contributed by atoms with Gasteiger partial charge in [-0.05, 0) is 105 Å². The van der Waals surface area contributed by atoms with E-state index in [1.54, 1.807) is 35.0 Å². The van der Waals surface area contributed by atoms with Crippen molar-refractivity contribution in [3.8, 4) is 16.9 Å². The molecule has 6 nitrogen and oxygen atoms in total. The molecule has 0 unspecified atom stereocenters. The predicted molar refractivity (Wildman–Crippen MR) is 168 cm³/mol. The molecule has 2 aromatic carbocycles. The van der Waals surface area contributed by atoms with Gasteiger partial charge in [0.2, 0.25) is 0 Å². The molecule has 4 aliphatic carbocycles. The molecule has 0 radical (unpaired) electrons. The van der Waals surface area contributed by atoms with Crippen molar-refractivity contribution in [3.63, 3.8) is 0 Å². The zero-order valence-electron chi connectivity index (χ0n) is 24.0. The molecular weight excluding hydrogens is 593 g/mol. The molecule has 224 valence electrons. The number of carbonyl (C=O) groups is 1. The maximum absolute atomic E-state index is 13.2. The highest BCUT2D eigenvalue weighted by molar-refractivity contribution is 6.35. The summed E-state index contributed by atoms with van der Waals surface area (Å²) in [6, 6.07) is 12.6.